The molecule has 0 saturated carbocycles. The van der Waals surface area contributed by atoms with Gasteiger partial charge in [-0.2, -0.15) is 0 Å². The van der Waals surface area contributed by atoms with E-state index in [1.807, 2.05) is 6.20 Å². The second kappa shape index (κ2) is 2.59. The van der Waals surface area contributed by atoms with E-state index < -0.39 is 0 Å². The molecule has 2 rings (SSSR count). The van der Waals surface area contributed by atoms with Crippen molar-refractivity contribution in [3.8, 4) is 0 Å². The maximum absolute atomic E-state index is 4.41. The molecule has 0 fully saturated rings. The van der Waals surface area contributed by atoms with Crippen molar-refractivity contribution < 1.29 is 0 Å². The molecule has 1 aliphatic heterocycles. The molecular weight excluding hydrogens is 150 g/mol. The zero-order valence-electron chi connectivity index (χ0n) is 7.91. The molecule has 1 aromatic rings. The number of aryl methyl sites for hydroxylation is 1. The zero-order chi connectivity index (χ0) is 8.72. The summed E-state index contributed by atoms with van der Waals surface area (Å²) >= 11 is 0. The van der Waals surface area contributed by atoms with Gasteiger partial charge in [-0.1, -0.05) is 0 Å². The molecule has 1 atom stereocenters. The summed E-state index contributed by atoms with van der Waals surface area (Å²) in [4.78, 5) is 6.74. The number of likely N-dealkylation sites (N-methyl/N-ethyl adjacent to an activating group) is 1. The summed E-state index contributed by atoms with van der Waals surface area (Å²) in [6.07, 6.45) is 1.96. The minimum Gasteiger partial charge on any atom is -0.330 e. The van der Waals surface area contributed by atoms with Crippen molar-refractivity contribution in [2.45, 2.75) is 26.4 Å². The van der Waals surface area contributed by atoms with Crippen LogP contribution >= 0.6 is 0 Å². The van der Waals surface area contributed by atoms with Gasteiger partial charge in [-0.15, -0.1) is 0 Å². The molecule has 66 valence electrons. The molecule has 0 saturated heterocycles. The summed E-state index contributed by atoms with van der Waals surface area (Å²) in [5, 5.41) is 0. The third-order valence-corrected chi connectivity index (χ3v) is 2.80. The molecular formula is C9H15N3. The Hall–Kier alpha value is -0.830. The van der Waals surface area contributed by atoms with Gasteiger partial charge in [0, 0.05) is 25.0 Å². The largest absolute Gasteiger partial charge is 0.330 e. The SMILES string of the molecule is Cc1cnc2n1CCN(C)C2C. The molecule has 0 N–H and O–H groups in total. The van der Waals surface area contributed by atoms with Crippen LogP contribution in [0.25, 0.3) is 0 Å². The molecule has 0 bridgehead atoms. The number of hydrogen-bond acceptors (Lipinski definition) is 2. The Kier molecular flexibility index (Phi) is 1.68. The van der Waals surface area contributed by atoms with Crippen LogP contribution in [0.5, 0.6) is 0 Å². The predicted octanol–water partition coefficient (Wildman–Crippen LogP) is 1.20. The van der Waals surface area contributed by atoms with Crippen molar-refractivity contribution in [3.05, 3.63) is 17.7 Å². The minimum atomic E-state index is 0.465. The van der Waals surface area contributed by atoms with E-state index in [0.717, 1.165) is 13.1 Å². The molecule has 1 aliphatic rings. The second-order valence-electron chi connectivity index (χ2n) is 3.57. The van der Waals surface area contributed by atoms with Crippen molar-refractivity contribution in [2.75, 3.05) is 13.6 Å². The molecule has 0 aliphatic carbocycles. The Bertz CT molecular complexity index is 290. The van der Waals surface area contributed by atoms with Crippen molar-refractivity contribution in [2.24, 2.45) is 0 Å². The van der Waals surface area contributed by atoms with Crippen LogP contribution in [-0.2, 0) is 6.54 Å². The minimum absolute atomic E-state index is 0.465. The van der Waals surface area contributed by atoms with E-state index in [0.29, 0.717) is 6.04 Å². The predicted molar refractivity (Wildman–Crippen MR) is 48.0 cm³/mol. The van der Waals surface area contributed by atoms with Crippen LogP contribution in [0.2, 0.25) is 0 Å². The first-order chi connectivity index (χ1) is 5.70. The molecule has 3 heteroatoms. The number of fused-ring (bicyclic) bond motifs is 1. The van der Waals surface area contributed by atoms with Crippen LogP contribution in [0.15, 0.2) is 6.20 Å². The van der Waals surface area contributed by atoms with Crippen molar-refractivity contribution >= 4 is 0 Å². The first-order valence-corrected chi connectivity index (χ1v) is 4.42. The Balaban J connectivity index is 2.43. The molecule has 1 aromatic heterocycles. The fourth-order valence-corrected chi connectivity index (χ4v) is 1.75. The Morgan fingerprint density at radius 3 is 3.00 bits per heavy atom. The van der Waals surface area contributed by atoms with Gasteiger partial charge in [0.05, 0.1) is 6.04 Å². The summed E-state index contributed by atoms with van der Waals surface area (Å²) in [5.74, 6) is 1.21. The van der Waals surface area contributed by atoms with Gasteiger partial charge >= 0.3 is 0 Å². The van der Waals surface area contributed by atoms with E-state index in [1.54, 1.807) is 0 Å². The van der Waals surface area contributed by atoms with Crippen LogP contribution < -0.4 is 0 Å². The molecule has 0 radical (unpaired) electrons. The number of aromatic nitrogens is 2. The number of rotatable bonds is 0. The van der Waals surface area contributed by atoms with Gasteiger partial charge < -0.3 is 4.57 Å². The van der Waals surface area contributed by atoms with Gasteiger partial charge in [-0.05, 0) is 20.9 Å². The van der Waals surface area contributed by atoms with E-state index in [4.69, 9.17) is 0 Å². The quantitative estimate of drug-likeness (QED) is 0.576. The normalized spacial score (nSPS) is 24.1. The summed E-state index contributed by atoms with van der Waals surface area (Å²) in [6.45, 7) is 6.54. The van der Waals surface area contributed by atoms with E-state index in [2.05, 4.69) is 35.3 Å². The third kappa shape index (κ3) is 0.966. The van der Waals surface area contributed by atoms with E-state index in [1.165, 1.54) is 11.5 Å². The summed E-state index contributed by atoms with van der Waals surface area (Å²) < 4.78 is 2.31. The van der Waals surface area contributed by atoms with Gasteiger partial charge in [-0.3, -0.25) is 4.90 Å². The van der Waals surface area contributed by atoms with Gasteiger partial charge in [0.2, 0.25) is 0 Å². The lowest BCUT2D eigenvalue weighted by atomic mass is 10.2. The van der Waals surface area contributed by atoms with Crippen LogP contribution in [0.3, 0.4) is 0 Å². The first-order valence-electron chi connectivity index (χ1n) is 4.42. The third-order valence-electron chi connectivity index (χ3n) is 2.80. The van der Waals surface area contributed by atoms with Crippen molar-refractivity contribution in [1.29, 1.82) is 0 Å². The Labute approximate surface area is 73.0 Å². The summed E-state index contributed by atoms with van der Waals surface area (Å²) in [7, 11) is 2.15. The molecule has 3 nitrogen and oxygen atoms in total. The molecule has 0 amide bonds. The van der Waals surface area contributed by atoms with Gasteiger partial charge in [0.25, 0.3) is 0 Å². The van der Waals surface area contributed by atoms with Crippen LogP contribution in [0.1, 0.15) is 24.5 Å². The molecule has 2 heterocycles. The smallest absolute Gasteiger partial charge is 0.126 e. The maximum Gasteiger partial charge on any atom is 0.126 e. The lowest BCUT2D eigenvalue weighted by Gasteiger charge is -2.30. The highest BCUT2D eigenvalue weighted by atomic mass is 15.2. The van der Waals surface area contributed by atoms with Crippen molar-refractivity contribution in [3.63, 3.8) is 0 Å². The fourth-order valence-electron chi connectivity index (χ4n) is 1.75. The summed E-state index contributed by atoms with van der Waals surface area (Å²) in [6, 6.07) is 0.465. The van der Waals surface area contributed by atoms with E-state index >= 15 is 0 Å². The topological polar surface area (TPSA) is 21.1 Å². The lowest BCUT2D eigenvalue weighted by molar-refractivity contribution is 0.204. The van der Waals surface area contributed by atoms with Gasteiger partial charge in [0.15, 0.2) is 0 Å². The molecule has 0 aromatic carbocycles. The maximum atomic E-state index is 4.41. The highest BCUT2D eigenvalue weighted by molar-refractivity contribution is 5.08. The van der Waals surface area contributed by atoms with E-state index in [-0.39, 0.29) is 0 Å². The molecule has 12 heavy (non-hydrogen) atoms. The number of imidazole rings is 1. The second-order valence-corrected chi connectivity index (χ2v) is 3.57. The molecule has 0 spiro atoms. The number of hydrogen-bond donors (Lipinski definition) is 0. The number of nitrogens with zero attached hydrogens (tertiary/aromatic N) is 3. The van der Waals surface area contributed by atoms with Crippen LogP contribution in [-0.4, -0.2) is 28.0 Å². The van der Waals surface area contributed by atoms with Crippen LogP contribution in [0.4, 0.5) is 0 Å². The average molecular weight is 165 g/mol. The van der Waals surface area contributed by atoms with Crippen LogP contribution in [0, 0.1) is 6.92 Å². The zero-order valence-corrected chi connectivity index (χ0v) is 7.91. The van der Waals surface area contributed by atoms with Gasteiger partial charge in [0.1, 0.15) is 5.82 Å². The monoisotopic (exact) mass is 165 g/mol. The molecule has 1 unspecified atom stereocenters. The standard InChI is InChI=1S/C9H15N3/c1-7-6-10-9-8(2)11(3)4-5-12(7)9/h6,8H,4-5H2,1-3H3. The highest BCUT2D eigenvalue weighted by Gasteiger charge is 2.22. The van der Waals surface area contributed by atoms with E-state index in [9.17, 15) is 0 Å². The highest BCUT2D eigenvalue weighted by Crippen LogP contribution is 2.22. The lowest BCUT2D eigenvalue weighted by Crippen LogP contribution is -2.34. The van der Waals surface area contributed by atoms with Gasteiger partial charge in [-0.25, -0.2) is 4.98 Å². The fraction of sp³-hybridized carbons (Fsp3) is 0.667. The average Bonchev–Trinajstić information content (AvgIpc) is 2.41. The summed E-state index contributed by atoms with van der Waals surface area (Å²) in [5.41, 5.74) is 1.28. The Morgan fingerprint density at radius 1 is 1.50 bits per heavy atom. The van der Waals surface area contributed by atoms with Crippen molar-refractivity contribution in [1.82, 2.24) is 14.5 Å². The first kappa shape index (κ1) is 7.80. The Morgan fingerprint density at radius 2 is 2.25 bits per heavy atom.